The van der Waals surface area contributed by atoms with Gasteiger partial charge >= 0.3 is 0 Å². The summed E-state index contributed by atoms with van der Waals surface area (Å²) in [5.41, 5.74) is 20.2. The maximum absolute atomic E-state index is 7.51. The van der Waals surface area contributed by atoms with Gasteiger partial charge in [0.1, 0.15) is 34.5 Å². The zero-order chi connectivity index (χ0) is 52.7. The Hall–Kier alpha value is -10.4. The lowest BCUT2D eigenvalue weighted by Crippen LogP contribution is -2.59. The van der Waals surface area contributed by atoms with Gasteiger partial charge in [0.05, 0.1) is 5.69 Å². The summed E-state index contributed by atoms with van der Waals surface area (Å²) >= 11 is 0. The molecule has 0 N–H and O–H groups in total. The fourth-order valence-electron chi connectivity index (χ4n) is 12.7. The quantitative estimate of drug-likeness (QED) is 0.134. The molecule has 6 nitrogen and oxygen atoms in total. The average molecular weight is 1020 g/mol. The molecule has 0 fully saturated rings. The fraction of sp³-hybridized carbons (Fsp3) is 0. The summed E-state index contributed by atoms with van der Waals surface area (Å²) in [6.45, 7) is -0.248. The molecular weight excluding hydrogens is 976 g/mol. The van der Waals surface area contributed by atoms with E-state index in [0.29, 0.717) is 0 Å². The second kappa shape index (κ2) is 18.6. The van der Waals surface area contributed by atoms with Crippen molar-refractivity contribution in [2.75, 3.05) is 14.7 Å². The lowest BCUT2D eigenvalue weighted by Gasteiger charge is -2.42. The Balaban J connectivity index is 0.960. The van der Waals surface area contributed by atoms with E-state index in [-0.39, 0.29) is 13.4 Å². The third-order valence-electron chi connectivity index (χ3n) is 16.2. The molecule has 0 aromatic heterocycles. The van der Waals surface area contributed by atoms with Crippen LogP contribution in [-0.2, 0) is 0 Å². The van der Waals surface area contributed by atoms with Gasteiger partial charge in [-0.1, -0.05) is 170 Å². The molecule has 0 radical (unpaired) electrons. The molecule has 4 aliphatic rings. The van der Waals surface area contributed by atoms with Gasteiger partial charge in [-0.05, 0) is 153 Å². The van der Waals surface area contributed by atoms with Crippen LogP contribution >= 0.6 is 0 Å². The predicted octanol–water partition coefficient (Wildman–Crippen LogP) is 15.1. The monoisotopic (exact) mass is 1020 g/mol. The van der Waals surface area contributed by atoms with Crippen LogP contribution in [0.4, 0.5) is 51.2 Å². The summed E-state index contributed by atoms with van der Waals surface area (Å²) in [5.74, 6) is 4.83. The van der Waals surface area contributed by atoms with Gasteiger partial charge in [0.25, 0.3) is 13.4 Å². The van der Waals surface area contributed by atoms with Crippen LogP contribution in [0.2, 0.25) is 0 Å². The Labute approximate surface area is 465 Å². The van der Waals surface area contributed by atoms with E-state index in [1.54, 1.807) is 0 Å². The number of hydrogen-bond donors (Lipinski definition) is 0. The Morgan fingerprint density at radius 1 is 0.250 bits per heavy atom. The van der Waals surface area contributed by atoms with Gasteiger partial charge in [-0.2, -0.15) is 0 Å². The SMILES string of the molecule is c1ccc(-c2ccccc2N2c3cc(N(c4ccccc4)c4ccccc4)ccc3B3c4ccc(N(c5ccccc5)c5ccccc5)cc4Oc4cc(-c5cc6c7c(c5)Oc5ccccc5B7c5ccccc5O6)cc2c43)cc1. The van der Waals surface area contributed by atoms with Gasteiger partial charge in [0, 0.05) is 62.6 Å². The first-order chi connectivity index (χ1) is 39.7. The standard InChI is InChI=1S/C72H47B2N3O3/c1-6-22-48(23-7-1)57-32-16-19-35-62(57)77-63-46-55(75(51-24-8-2-9-25-51)52-26-10-3-11-27-52)38-40-58(63)73-61-41-39-56(76(53-28-12-4-13-29-53)54-30-14-5-15-31-54)47-67(61)80-68-43-49(42-64(77)71(68)73)50-44-69-72-70(45-50)79-66-37-21-18-34-60(66)74(72)59-33-17-20-36-65(59)78-69/h1-47H. The van der Waals surface area contributed by atoms with Gasteiger partial charge in [-0.15, -0.1) is 0 Å². The predicted molar refractivity (Wildman–Crippen MR) is 330 cm³/mol. The Morgan fingerprint density at radius 2 is 0.662 bits per heavy atom. The lowest BCUT2D eigenvalue weighted by molar-refractivity contribution is 0.465. The highest BCUT2D eigenvalue weighted by molar-refractivity contribution is 6.99. The maximum Gasteiger partial charge on any atom is 0.260 e. The summed E-state index contributed by atoms with van der Waals surface area (Å²) < 4.78 is 21.4. The van der Waals surface area contributed by atoms with Crippen LogP contribution in [0, 0.1) is 0 Å². The third-order valence-corrected chi connectivity index (χ3v) is 16.2. The molecule has 4 aliphatic heterocycles. The van der Waals surface area contributed by atoms with Gasteiger partial charge < -0.3 is 28.9 Å². The number of ether oxygens (including phenoxy) is 3. The summed E-state index contributed by atoms with van der Waals surface area (Å²) in [5, 5.41) is 0. The molecule has 12 aromatic rings. The molecule has 0 aliphatic carbocycles. The Bertz CT molecular complexity index is 4220. The van der Waals surface area contributed by atoms with Crippen LogP contribution in [-0.4, -0.2) is 13.4 Å². The molecule has 8 heteroatoms. The molecule has 4 heterocycles. The Morgan fingerprint density at radius 3 is 1.23 bits per heavy atom. The largest absolute Gasteiger partial charge is 0.458 e. The zero-order valence-corrected chi connectivity index (χ0v) is 43.4. The van der Waals surface area contributed by atoms with Crippen molar-refractivity contribution in [1.29, 1.82) is 0 Å². The van der Waals surface area contributed by atoms with Crippen LogP contribution in [0.5, 0.6) is 34.5 Å². The van der Waals surface area contributed by atoms with Crippen molar-refractivity contribution >= 4 is 97.4 Å². The van der Waals surface area contributed by atoms with Crippen molar-refractivity contribution in [2.24, 2.45) is 0 Å². The molecule has 0 bridgehead atoms. The van der Waals surface area contributed by atoms with Crippen LogP contribution in [0.25, 0.3) is 22.3 Å². The van der Waals surface area contributed by atoms with Gasteiger partial charge in [0.15, 0.2) is 0 Å². The number of anilines is 9. The maximum atomic E-state index is 7.51. The molecule has 0 unspecified atom stereocenters. The van der Waals surface area contributed by atoms with Crippen LogP contribution in [0.1, 0.15) is 0 Å². The van der Waals surface area contributed by atoms with Gasteiger partial charge in [0.2, 0.25) is 0 Å². The molecule has 0 atom stereocenters. The molecule has 0 saturated heterocycles. The molecule has 0 saturated carbocycles. The second-order valence-electron chi connectivity index (χ2n) is 20.7. The summed E-state index contributed by atoms with van der Waals surface area (Å²) in [6.07, 6.45) is 0. The minimum Gasteiger partial charge on any atom is -0.458 e. The van der Waals surface area contributed by atoms with E-state index in [1.807, 2.05) is 12.1 Å². The van der Waals surface area contributed by atoms with Crippen molar-refractivity contribution in [2.45, 2.75) is 0 Å². The molecule has 374 valence electrons. The van der Waals surface area contributed by atoms with Crippen molar-refractivity contribution < 1.29 is 14.2 Å². The third kappa shape index (κ3) is 7.44. The average Bonchev–Trinajstić information content (AvgIpc) is 3.62. The first-order valence-corrected chi connectivity index (χ1v) is 27.3. The summed E-state index contributed by atoms with van der Waals surface area (Å²) in [4.78, 5) is 7.14. The number of para-hydroxylation sites is 7. The molecular formula is C72H47B2N3O3. The highest BCUT2D eigenvalue weighted by atomic mass is 16.5. The molecule has 12 aromatic carbocycles. The van der Waals surface area contributed by atoms with E-state index in [9.17, 15) is 0 Å². The molecule has 80 heavy (non-hydrogen) atoms. The van der Waals surface area contributed by atoms with Gasteiger partial charge in [-0.25, -0.2) is 0 Å². The molecule has 16 rings (SSSR count). The van der Waals surface area contributed by atoms with E-state index in [2.05, 4.69) is 288 Å². The van der Waals surface area contributed by atoms with E-state index in [4.69, 9.17) is 14.2 Å². The zero-order valence-electron chi connectivity index (χ0n) is 43.4. The molecule has 0 spiro atoms. The van der Waals surface area contributed by atoms with Crippen LogP contribution in [0.15, 0.2) is 285 Å². The van der Waals surface area contributed by atoms with E-state index in [0.717, 1.165) is 135 Å². The van der Waals surface area contributed by atoms with Crippen molar-refractivity contribution in [3.05, 3.63) is 285 Å². The van der Waals surface area contributed by atoms with E-state index < -0.39 is 0 Å². The first kappa shape index (κ1) is 45.7. The number of nitrogens with zero attached hydrogens (tertiary/aromatic N) is 3. The van der Waals surface area contributed by atoms with Crippen LogP contribution < -0.4 is 61.7 Å². The lowest BCUT2D eigenvalue weighted by atomic mass is 9.34. The fourth-order valence-corrected chi connectivity index (χ4v) is 12.7. The highest BCUT2D eigenvalue weighted by Crippen LogP contribution is 2.49. The topological polar surface area (TPSA) is 37.4 Å². The minimum absolute atomic E-state index is 0.0446. The summed E-state index contributed by atoms with van der Waals surface area (Å²) in [6, 6.07) is 102. The summed E-state index contributed by atoms with van der Waals surface area (Å²) in [7, 11) is 0. The number of rotatable bonds is 9. The van der Waals surface area contributed by atoms with Crippen molar-refractivity contribution in [3.8, 4) is 56.8 Å². The molecule has 0 amide bonds. The van der Waals surface area contributed by atoms with Crippen molar-refractivity contribution in [1.82, 2.24) is 0 Å². The number of hydrogen-bond acceptors (Lipinski definition) is 6. The van der Waals surface area contributed by atoms with Crippen LogP contribution in [0.3, 0.4) is 0 Å². The highest BCUT2D eigenvalue weighted by Gasteiger charge is 2.44. The first-order valence-electron chi connectivity index (χ1n) is 27.3. The minimum atomic E-state index is -0.204. The normalized spacial score (nSPS) is 12.7. The van der Waals surface area contributed by atoms with E-state index in [1.165, 1.54) is 5.46 Å². The number of benzene rings is 12. The van der Waals surface area contributed by atoms with Gasteiger partial charge in [-0.3, -0.25) is 0 Å². The Kier molecular flexibility index (Phi) is 10.7. The second-order valence-corrected chi connectivity index (χ2v) is 20.7. The number of fused-ring (bicyclic) bond motifs is 8. The van der Waals surface area contributed by atoms with Crippen molar-refractivity contribution in [3.63, 3.8) is 0 Å². The smallest absolute Gasteiger partial charge is 0.260 e. The van der Waals surface area contributed by atoms with E-state index >= 15 is 0 Å².